The highest BCUT2D eigenvalue weighted by atomic mass is 16.5. The summed E-state index contributed by atoms with van der Waals surface area (Å²) < 4.78 is 6.06. The fourth-order valence-electron chi connectivity index (χ4n) is 2.58. The van der Waals surface area contributed by atoms with Gasteiger partial charge in [0.15, 0.2) is 0 Å². The Labute approximate surface area is 111 Å². The van der Waals surface area contributed by atoms with Crippen molar-refractivity contribution in [2.45, 2.75) is 64.0 Å². The highest BCUT2D eigenvalue weighted by Gasteiger charge is 2.13. The summed E-state index contributed by atoms with van der Waals surface area (Å²) in [5.74, 6) is 0.994. The van der Waals surface area contributed by atoms with E-state index in [-0.39, 0.29) is 6.04 Å². The van der Waals surface area contributed by atoms with Crippen LogP contribution >= 0.6 is 0 Å². The molecule has 0 aliphatic heterocycles. The lowest BCUT2D eigenvalue weighted by molar-refractivity contribution is 0.183. The highest BCUT2D eigenvalue weighted by molar-refractivity contribution is 5.29. The quantitative estimate of drug-likeness (QED) is 0.809. The third-order valence-electron chi connectivity index (χ3n) is 3.85. The lowest BCUT2D eigenvalue weighted by Crippen LogP contribution is -2.15. The minimum atomic E-state index is 0.150. The van der Waals surface area contributed by atoms with Crippen LogP contribution in [0.4, 0.5) is 0 Å². The number of hydrogen-bond donors (Lipinski definition) is 1. The Morgan fingerprint density at radius 2 is 1.72 bits per heavy atom. The van der Waals surface area contributed by atoms with E-state index >= 15 is 0 Å². The summed E-state index contributed by atoms with van der Waals surface area (Å²) in [5, 5.41) is 0. The van der Waals surface area contributed by atoms with E-state index in [4.69, 9.17) is 10.5 Å². The third-order valence-corrected chi connectivity index (χ3v) is 3.85. The first-order chi connectivity index (χ1) is 8.79. The molecule has 1 aromatic carbocycles. The summed E-state index contributed by atoms with van der Waals surface area (Å²) in [7, 11) is 0. The van der Waals surface area contributed by atoms with Crippen LogP contribution in [0.15, 0.2) is 24.3 Å². The molecule has 2 heteroatoms. The summed E-state index contributed by atoms with van der Waals surface area (Å²) in [6.07, 6.45) is 9.15. The first-order valence-corrected chi connectivity index (χ1v) is 7.32. The molecule has 0 spiro atoms. The number of rotatable bonds is 4. The summed E-state index contributed by atoms with van der Waals surface area (Å²) >= 11 is 0. The van der Waals surface area contributed by atoms with Gasteiger partial charge < -0.3 is 10.5 Å². The van der Waals surface area contributed by atoms with Gasteiger partial charge in [-0.2, -0.15) is 0 Å². The van der Waals surface area contributed by atoms with Crippen molar-refractivity contribution in [2.24, 2.45) is 5.73 Å². The van der Waals surface area contributed by atoms with E-state index in [1.54, 1.807) is 0 Å². The van der Waals surface area contributed by atoms with Crippen molar-refractivity contribution in [1.82, 2.24) is 0 Å². The molecule has 0 aromatic heterocycles. The van der Waals surface area contributed by atoms with Gasteiger partial charge in [-0.15, -0.1) is 0 Å². The molecule has 2 N–H and O–H groups in total. The Balaban J connectivity index is 1.92. The average molecular weight is 247 g/mol. The van der Waals surface area contributed by atoms with Crippen LogP contribution in [0.25, 0.3) is 0 Å². The van der Waals surface area contributed by atoms with E-state index in [0.717, 1.165) is 12.2 Å². The van der Waals surface area contributed by atoms with Crippen LogP contribution in [0.3, 0.4) is 0 Å². The van der Waals surface area contributed by atoms with Gasteiger partial charge in [-0.1, -0.05) is 31.9 Å². The Kier molecular flexibility index (Phi) is 5.06. The second-order valence-corrected chi connectivity index (χ2v) is 5.32. The molecule has 0 heterocycles. The van der Waals surface area contributed by atoms with Gasteiger partial charge in [0.05, 0.1) is 6.10 Å². The maximum absolute atomic E-state index is 6.06. The number of ether oxygens (including phenoxy) is 1. The van der Waals surface area contributed by atoms with Crippen LogP contribution < -0.4 is 10.5 Å². The van der Waals surface area contributed by atoms with Gasteiger partial charge in [0.2, 0.25) is 0 Å². The van der Waals surface area contributed by atoms with Crippen molar-refractivity contribution in [2.75, 3.05) is 0 Å². The molecule has 2 nitrogen and oxygen atoms in total. The molecule has 2 rings (SSSR count). The third kappa shape index (κ3) is 3.74. The molecule has 1 atom stereocenters. The molecule has 0 unspecified atom stereocenters. The maximum atomic E-state index is 6.06. The van der Waals surface area contributed by atoms with Crippen LogP contribution in [0.5, 0.6) is 5.75 Å². The van der Waals surface area contributed by atoms with E-state index in [1.165, 1.54) is 44.1 Å². The molecule has 1 aromatic rings. The van der Waals surface area contributed by atoms with Crippen LogP contribution in [0.1, 0.15) is 63.5 Å². The molecule has 0 amide bonds. The SMILES string of the molecule is CC[C@H](N)c1ccc(OC2CCCCCC2)cc1. The van der Waals surface area contributed by atoms with Gasteiger partial charge in [-0.25, -0.2) is 0 Å². The van der Waals surface area contributed by atoms with Crippen molar-refractivity contribution < 1.29 is 4.74 Å². The van der Waals surface area contributed by atoms with Gasteiger partial charge in [0, 0.05) is 6.04 Å². The zero-order chi connectivity index (χ0) is 12.8. The number of hydrogen-bond acceptors (Lipinski definition) is 2. The van der Waals surface area contributed by atoms with E-state index in [2.05, 4.69) is 31.2 Å². The lowest BCUT2D eigenvalue weighted by Gasteiger charge is -2.17. The van der Waals surface area contributed by atoms with Crippen LogP contribution in [0, 0.1) is 0 Å². The minimum absolute atomic E-state index is 0.150. The van der Waals surface area contributed by atoms with Gasteiger partial charge in [0.25, 0.3) is 0 Å². The van der Waals surface area contributed by atoms with Crippen molar-refractivity contribution in [1.29, 1.82) is 0 Å². The zero-order valence-corrected chi connectivity index (χ0v) is 11.4. The number of nitrogens with two attached hydrogens (primary N) is 1. The highest BCUT2D eigenvalue weighted by Crippen LogP contribution is 2.24. The molecule has 0 saturated heterocycles. The molecule has 0 radical (unpaired) electrons. The summed E-state index contributed by atoms with van der Waals surface area (Å²) in [4.78, 5) is 0. The fraction of sp³-hybridized carbons (Fsp3) is 0.625. The van der Waals surface area contributed by atoms with Gasteiger partial charge in [-0.05, 0) is 49.8 Å². The van der Waals surface area contributed by atoms with Gasteiger partial charge in [-0.3, -0.25) is 0 Å². The summed E-state index contributed by atoms with van der Waals surface area (Å²) in [6, 6.07) is 8.48. The molecule has 1 aliphatic rings. The Morgan fingerprint density at radius 3 is 2.28 bits per heavy atom. The molecule has 100 valence electrons. The molecule has 0 bridgehead atoms. The molecular formula is C16H25NO. The second-order valence-electron chi connectivity index (χ2n) is 5.32. The normalized spacial score (nSPS) is 19.2. The standard InChI is InChI=1S/C16H25NO/c1-2-16(17)13-9-11-15(12-10-13)18-14-7-5-3-4-6-8-14/h9-12,14,16H,2-8,17H2,1H3/t16-/m0/s1. The van der Waals surface area contributed by atoms with E-state index in [1.807, 2.05) is 0 Å². The lowest BCUT2D eigenvalue weighted by atomic mass is 10.1. The molecule has 18 heavy (non-hydrogen) atoms. The topological polar surface area (TPSA) is 35.2 Å². The molecular weight excluding hydrogens is 222 g/mol. The van der Waals surface area contributed by atoms with E-state index < -0.39 is 0 Å². The van der Waals surface area contributed by atoms with E-state index in [9.17, 15) is 0 Å². The summed E-state index contributed by atoms with van der Waals surface area (Å²) in [6.45, 7) is 2.11. The number of benzene rings is 1. The minimum Gasteiger partial charge on any atom is -0.490 e. The summed E-state index contributed by atoms with van der Waals surface area (Å²) in [5.41, 5.74) is 7.21. The zero-order valence-electron chi connectivity index (χ0n) is 11.4. The van der Waals surface area contributed by atoms with Gasteiger partial charge in [0.1, 0.15) is 5.75 Å². The van der Waals surface area contributed by atoms with Crippen molar-refractivity contribution in [3.05, 3.63) is 29.8 Å². The monoisotopic (exact) mass is 247 g/mol. The van der Waals surface area contributed by atoms with Crippen LogP contribution in [0.2, 0.25) is 0 Å². The van der Waals surface area contributed by atoms with E-state index in [0.29, 0.717) is 6.10 Å². The van der Waals surface area contributed by atoms with Crippen molar-refractivity contribution in [3.8, 4) is 5.75 Å². The molecule has 1 saturated carbocycles. The first-order valence-electron chi connectivity index (χ1n) is 7.32. The second kappa shape index (κ2) is 6.79. The average Bonchev–Trinajstić information content (AvgIpc) is 2.67. The Hall–Kier alpha value is -1.02. The van der Waals surface area contributed by atoms with Gasteiger partial charge >= 0.3 is 0 Å². The van der Waals surface area contributed by atoms with Crippen LogP contribution in [-0.2, 0) is 0 Å². The van der Waals surface area contributed by atoms with Crippen LogP contribution in [-0.4, -0.2) is 6.10 Å². The fourth-order valence-corrected chi connectivity index (χ4v) is 2.58. The van der Waals surface area contributed by atoms with Crippen molar-refractivity contribution in [3.63, 3.8) is 0 Å². The Bertz CT molecular complexity index is 339. The van der Waals surface area contributed by atoms with Crippen molar-refractivity contribution >= 4 is 0 Å². The largest absolute Gasteiger partial charge is 0.490 e. The molecule has 1 fully saturated rings. The molecule has 1 aliphatic carbocycles. The predicted molar refractivity (Wildman–Crippen MR) is 75.8 cm³/mol. The smallest absolute Gasteiger partial charge is 0.119 e. The maximum Gasteiger partial charge on any atom is 0.119 e. The first kappa shape index (κ1) is 13.4. The predicted octanol–water partition coefficient (Wildman–Crippen LogP) is 4.20. The Morgan fingerprint density at radius 1 is 1.11 bits per heavy atom.